The number of esters is 1. The summed E-state index contributed by atoms with van der Waals surface area (Å²) in [5.74, 6) is 0.527. The van der Waals surface area contributed by atoms with E-state index in [0.717, 1.165) is 22.3 Å². The number of para-hydroxylation sites is 1. The van der Waals surface area contributed by atoms with Gasteiger partial charge in [0.05, 0.1) is 7.11 Å². The Morgan fingerprint density at radius 3 is 2.91 bits per heavy atom. The van der Waals surface area contributed by atoms with Gasteiger partial charge in [-0.3, -0.25) is 4.79 Å². The third kappa shape index (κ3) is 2.84. The van der Waals surface area contributed by atoms with E-state index in [-0.39, 0.29) is 11.2 Å². The van der Waals surface area contributed by atoms with Gasteiger partial charge in [0.1, 0.15) is 5.25 Å². The number of thioether (sulfide) groups is 1. The summed E-state index contributed by atoms with van der Waals surface area (Å²) in [5, 5.41) is 10.1. The molecule has 120 valence electrons. The zero-order valence-corrected chi connectivity index (χ0v) is 14.1. The molecule has 0 aliphatic rings. The zero-order chi connectivity index (χ0) is 16.4. The molecule has 0 fully saturated rings. The largest absolute Gasteiger partial charge is 0.468 e. The van der Waals surface area contributed by atoms with Crippen LogP contribution in [0.5, 0.6) is 0 Å². The molecule has 0 aliphatic carbocycles. The first-order valence-corrected chi connectivity index (χ1v) is 8.24. The van der Waals surface area contributed by atoms with E-state index in [1.165, 1.54) is 18.9 Å². The van der Waals surface area contributed by atoms with Crippen LogP contribution in [0.1, 0.15) is 13.3 Å². The molecule has 0 saturated carbocycles. The molecule has 1 N–H and O–H groups in total. The predicted molar refractivity (Wildman–Crippen MR) is 90.2 cm³/mol. The van der Waals surface area contributed by atoms with Gasteiger partial charge >= 0.3 is 5.97 Å². The summed E-state index contributed by atoms with van der Waals surface area (Å²) >= 11 is 1.38. The highest BCUT2D eigenvalue weighted by Crippen LogP contribution is 2.31. The van der Waals surface area contributed by atoms with Gasteiger partial charge in [-0.05, 0) is 12.5 Å². The van der Waals surface area contributed by atoms with Crippen LogP contribution in [0.25, 0.3) is 22.3 Å². The summed E-state index contributed by atoms with van der Waals surface area (Å²) in [4.78, 5) is 15.0. The molecular weight excluding hydrogens is 312 g/mol. The second-order valence-electron chi connectivity index (χ2n) is 5.15. The molecule has 6 nitrogen and oxygen atoms in total. The number of carbonyl (C=O) groups is 1. The number of hydrogen-bond acceptors (Lipinski definition) is 5. The van der Waals surface area contributed by atoms with Crippen LogP contribution in [0.2, 0.25) is 0 Å². The van der Waals surface area contributed by atoms with Crippen LogP contribution in [0.15, 0.2) is 35.6 Å². The lowest BCUT2D eigenvalue weighted by atomic mass is 10.1. The Hall–Kier alpha value is -2.28. The Bertz CT molecular complexity index is 840. The van der Waals surface area contributed by atoms with Crippen molar-refractivity contribution in [3.63, 3.8) is 0 Å². The number of rotatable bonds is 5. The third-order valence-corrected chi connectivity index (χ3v) is 5.12. The molecule has 23 heavy (non-hydrogen) atoms. The molecule has 0 saturated heterocycles. The second kappa shape index (κ2) is 6.45. The first-order chi connectivity index (χ1) is 11.2. The van der Waals surface area contributed by atoms with Gasteiger partial charge in [0.25, 0.3) is 0 Å². The van der Waals surface area contributed by atoms with Crippen LogP contribution in [0, 0.1) is 0 Å². The summed E-state index contributed by atoms with van der Waals surface area (Å²) in [6, 6.07) is 8.06. The standard InChI is InChI=1S/C16H18N4O2S/c1-4-13(15(21)22-3)23-16-19-18-14(20(16)2)11-9-17-12-8-6-5-7-10(11)12/h5-9,13,17H,4H2,1-3H3/t13-/m1/s1. The normalized spacial score (nSPS) is 12.5. The van der Waals surface area contributed by atoms with Crippen molar-refractivity contribution in [3.05, 3.63) is 30.5 Å². The average Bonchev–Trinajstić information content (AvgIpc) is 3.15. The number of aromatic amines is 1. The molecular formula is C16H18N4O2S. The van der Waals surface area contributed by atoms with Gasteiger partial charge in [-0.1, -0.05) is 36.9 Å². The highest BCUT2D eigenvalue weighted by Gasteiger charge is 2.23. The van der Waals surface area contributed by atoms with E-state index in [9.17, 15) is 4.79 Å². The van der Waals surface area contributed by atoms with E-state index in [1.54, 1.807) is 0 Å². The minimum Gasteiger partial charge on any atom is -0.468 e. The fraction of sp³-hybridized carbons (Fsp3) is 0.312. The number of methoxy groups -OCH3 is 1. The minimum atomic E-state index is -0.279. The van der Waals surface area contributed by atoms with Crippen LogP contribution in [-0.4, -0.2) is 38.1 Å². The van der Waals surface area contributed by atoms with Crippen molar-refractivity contribution in [1.29, 1.82) is 0 Å². The highest BCUT2D eigenvalue weighted by atomic mass is 32.2. The summed E-state index contributed by atoms with van der Waals surface area (Å²) < 4.78 is 6.74. The van der Waals surface area contributed by atoms with E-state index in [4.69, 9.17) is 4.74 Å². The van der Waals surface area contributed by atoms with Crippen LogP contribution in [-0.2, 0) is 16.6 Å². The molecule has 0 aliphatic heterocycles. The number of benzene rings is 1. The smallest absolute Gasteiger partial charge is 0.319 e. The quantitative estimate of drug-likeness (QED) is 0.575. The lowest BCUT2D eigenvalue weighted by Gasteiger charge is -2.11. The summed E-state index contributed by atoms with van der Waals surface area (Å²) in [6.45, 7) is 1.95. The molecule has 0 spiro atoms. The fourth-order valence-electron chi connectivity index (χ4n) is 2.47. The molecule has 0 unspecified atom stereocenters. The average molecular weight is 330 g/mol. The van der Waals surface area contributed by atoms with Crippen molar-refractivity contribution in [3.8, 4) is 11.4 Å². The van der Waals surface area contributed by atoms with Crippen molar-refractivity contribution in [1.82, 2.24) is 19.7 Å². The first-order valence-electron chi connectivity index (χ1n) is 7.36. The van der Waals surface area contributed by atoms with E-state index >= 15 is 0 Å². The molecule has 1 atom stereocenters. The molecule has 3 aromatic rings. The lowest BCUT2D eigenvalue weighted by Crippen LogP contribution is -2.18. The van der Waals surface area contributed by atoms with E-state index in [0.29, 0.717) is 11.6 Å². The molecule has 2 heterocycles. The van der Waals surface area contributed by atoms with Crippen LogP contribution < -0.4 is 0 Å². The van der Waals surface area contributed by atoms with Gasteiger partial charge in [0, 0.05) is 29.7 Å². The number of nitrogens with zero attached hydrogens (tertiary/aromatic N) is 3. The number of ether oxygens (including phenoxy) is 1. The number of hydrogen-bond donors (Lipinski definition) is 1. The molecule has 3 rings (SSSR count). The Kier molecular flexibility index (Phi) is 4.38. The summed E-state index contributed by atoms with van der Waals surface area (Å²) in [6.07, 6.45) is 2.60. The Morgan fingerprint density at radius 2 is 2.17 bits per heavy atom. The van der Waals surface area contributed by atoms with Gasteiger partial charge in [-0.2, -0.15) is 0 Å². The van der Waals surface area contributed by atoms with Crippen molar-refractivity contribution < 1.29 is 9.53 Å². The van der Waals surface area contributed by atoms with Crippen molar-refractivity contribution in [2.45, 2.75) is 23.8 Å². The molecule has 1 aromatic carbocycles. The van der Waals surface area contributed by atoms with E-state index in [1.807, 2.05) is 49.0 Å². The van der Waals surface area contributed by atoms with Crippen molar-refractivity contribution in [2.24, 2.45) is 7.05 Å². The van der Waals surface area contributed by atoms with Gasteiger partial charge in [-0.25, -0.2) is 0 Å². The molecule has 0 radical (unpaired) electrons. The Balaban J connectivity index is 1.95. The maximum atomic E-state index is 11.8. The number of carbonyl (C=O) groups excluding carboxylic acids is 1. The van der Waals surface area contributed by atoms with E-state index in [2.05, 4.69) is 15.2 Å². The van der Waals surface area contributed by atoms with Crippen molar-refractivity contribution >= 4 is 28.6 Å². The number of aromatic nitrogens is 4. The third-order valence-electron chi connectivity index (χ3n) is 3.75. The highest BCUT2D eigenvalue weighted by molar-refractivity contribution is 8.00. The van der Waals surface area contributed by atoms with Crippen LogP contribution in [0.3, 0.4) is 0 Å². The van der Waals surface area contributed by atoms with Crippen molar-refractivity contribution in [2.75, 3.05) is 7.11 Å². The van der Waals surface area contributed by atoms with Crippen LogP contribution in [0.4, 0.5) is 0 Å². The number of fused-ring (bicyclic) bond motifs is 1. The van der Waals surface area contributed by atoms with Crippen LogP contribution >= 0.6 is 11.8 Å². The summed E-state index contributed by atoms with van der Waals surface area (Å²) in [7, 11) is 3.31. The van der Waals surface area contributed by atoms with Gasteiger partial charge in [0.15, 0.2) is 11.0 Å². The first kappa shape index (κ1) is 15.6. The maximum Gasteiger partial charge on any atom is 0.319 e. The van der Waals surface area contributed by atoms with Gasteiger partial charge in [-0.15, -0.1) is 10.2 Å². The predicted octanol–water partition coefficient (Wildman–Crippen LogP) is 3.01. The number of H-pyrrole nitrogens is 1. The van der Waals surface area contributed by atoms with E-state index < -0.39 is 0 Å². The Morgan fingerprint density at radius 1 is 1.39 bits per heavy atom. The Labute approximate surface area is 138 Å². The number of nitrogens with one attached hydrogen (secondary N) is 1. The summed E-state index contributed by atoms with van der Waals surface area (Å²) in [5.41, 5.74) is 2.05. The van der Waals surface area contributed by atoms with Gasteiger partial charge < -0.3 is 14.3 Å². The van der Waals surface area contributed by atoms with Gasteiger partial charge in [0.2, 0.25) is 0 Å². The molecule has 0 bridgehead atoms. The topological polar surface area (TPSA) is 72.8 Å². The fourth-order valence-corrected chi connectivity index (χ4v) is 3.41. The molecule has 2 aromatic heterocycles. The maximum absolute atomic E-state index is 11.8. The lowest BCUT2D eigenvalue weighted by molar-refractivity contribution is -0.140. The molecule has 7 heteroatoms. The SMILES string of the molecule is CC[C@@H](Sc1nnc(-c2c[nH]c3ccccc23)n1C)C(=O)OC. The monoisotopic (exact) mass is 330 g/mol. The molecule has 0 amide bonds. The second-order valence-corrected chi connectivity index (χ2v) is 6.32. The minimum absolute atomic E-state index is 0.242. The zero-order valence-electron chi connectivity index (χ0n) is 13.2.